The van der Waals surface area contributed by atoms with Gasteiger partial charge in [0, 0.05) is 18.8 Å². The van der Waals surface area contributed by atoms with Crippen LogP contribution in [0, 0.1) is 12.5 Å². The standard InChI is InChI=1S/C11H11N/c1-4-10-6-8-11(9-7-10)12(3)5-2/h2,4,6-9H,1H2,3H3. The predicted molar refractivity (Wildman–Crippen MR) is 53.8 cm³/mol. The van der Waals surface area contributed by atoms with Gasteiger partial charge in [-0.25, -0.2) is 0 Å². The highest BCUT2D eigenvalue weighted by molar-refractivity contribution is 5.56. The molecule has 0 saturated heterocycles. The average Bonchev–Trinajstić information content (AvgIpc) is 2.17. The fourth-order valence-corrected chi connectivity index (χ4v) is 0.909. The monoisotopic (exact) mass is 157 g/mol. The number of nitrogens with zero attached hydrogens (tertiary/aromatic N) is 1. The van der Waals surface area contributed by atoms with E-state index in [0.29, 0.717) is 0 Å². The molecule has 12 heavy (non-hydrogen) atoms. The van der Waals surface area contributed by atoms with E-state index in [9.17, 15) is 0 Å². The molecule has 0 amide bonds. The van der Waals surface area contributed by atoms with Crippen LogP contribution in [0.15, 0.2) is 30.8 Å². The van der Waals surface area contributed by atoms with Crippen molar-refractivity contribution in [2.45, 2.75) is 0 Å². The van der Waals surface area contributed by atoms with Gasteiger partial charge in [0.15, 0.2) is 0 Å². The second kappa shape index (κ2) is 3.64. The molecule has 0 radical (unpaired) electrons. The summed E-state index contributed by atoms with van der Waals surface area (Å²) in [6.45, 7) is 3.67. The van der Waals surface area contributed by atoms with E-state index in [0.717, 1.165) is 11.3 Å². The molecule has 0 spiro atoms. The Kier molecular flexibility index (Phi) is 2.55. The summed E-state index contributed by atoms with van der Waals surface area (Å²) in [5.74, 6) is 0. The van der Waals surface area contributed by atoms with E-state index in [1.165, 1.54) is 0 Å². The zero-order valence-corrected chi connectivity index (χ0v) is 7.12. The molecule has 1 nitrogen and oxygen atoms in total. The lowest BCUT2D eigenvalue weighted by molar-refractivity contribution is 1.25. The number of benzene rings is 1. The van der Waals surface area contributed by atoms with Crippen molar-refractivity contribution in [3.63, 3.8) is 0 Å². The molecular formula is C11H11N. The van der Waals surface area contributed by atoms with Crippen molar-refractivity contribution in [2.24, 2.45) is 0 Å². The molecule has 0 aliphatic carbocycles. The molecule has 0 saturated carbocycles. The Morgan fingerprint density at radius 3 is 2.42 bits per heavy atom. The SMILES string of the molecule is C#CN(C)c1ccc(C=C)cc1. The van der Waals surface area contributed by atoms with Gasteiger partial charge < -0.3 is 4.90 Å². The number of anilines is 1. The summed E-state index contributed by atoms with van der Waals surface area (Å²) >= 11 is 0. The van der Waals surface area contributed by atoms with Gasteiger partial charge in [-0.2, -0.15) is 0 Å². The molecule has 0 bridgehead atoms. The molecule has 1 aromatic rings. The molecule has 0 fully saturated rings. The van der Waals surface area contributed by atoms with Gasteiger partial charge in [0.2, 0.25) is 0 Å². The Bertz CT molecular complexity index is 303. The van der Waals surface area contributed by atoms with E-state index in [-0.39, 0.29) is 0 Å². The van der Waals surface area contributed by atoms with Crippen molar-refractivity contribution >= 4 is 11.8 Å². The topological polar surface area (TPSA) is 3.24 Å². The summed E-state index contributed by atoms with van der Waals surface area (Å²) in [7, 11) is 1.85. The van der Waals surface area contributed by atoms with E-state index < -0.39 is 0 Å². The molecule has 0 atom stereocenters. The van der Waals surface area contributed by atoms with Crippen molar-refractivity contribution in [3.05, 3.63) is 36.4 Å². The highest BCUT2D eigenvalue weighted by Gasteiger charge is 1.94. The van der Waals surface area contributed by atoms with Gasteiger partial charge in [-0.1, -0.05) is 31.2 Å². The van der Waals surface area contributed by atoms with Gasteiger partial charge in [-0.05, 0) is 17.7 Å². The summed E-state index contributed by atoms with van der Waals surface area (Å²) in [4.78, 5) is 1.73. The molecule has 0 unspecified atom stereocenters. The van der Waals surface area contributed by atoms with E-state index >= 15 is 0 Å². The van der Waals surface area contributed by atoms with E-state index in [1.807, 2.05) is 31.3 Å². The van der Waals surface area contributed by atoms with Crippen molar-refractivity contribution < 1.29 is 0 Å². The molecule has 1 heteroatoms. The van der Waals surface area contributed by atoms with Crippen LogP contribution in [0.2, 0.25) is 0 Å². The summed E-state index contributed by atoms with van der Waals surface area (Å²) in [6, 6.07) is 10.4. The molecule has 60 valence electrons. The minimum atomic E-state index is 1.02. The van der Waals surface area contributed by atoms with Crippen molar-refractivity contribution in [1.82, 2.24) is 0 Å². The van der Waals surface area contributed by atoms with Crippen LogP contribution in [0.5, 0.6) is 0 Å². The Balaban J connectivity index is 2.93. The quantitative estimate of drug-likeness (QED) is 0.470. The van der Waals surface area contributed by atoms with E-state index in [4.69, 9.17) is 6.42 Å². The number of terminal acetylenes is 1. The highest BCUT2D eigenvalue weighted by Crippen LogP contribution is 2.13. The maximum Gasteiger partial charge on any atom is 0.0486 e. The molecule has 0 aromatic heterocycles. The largest absolute Gasteiger partial charge is 0.305 e. The van der Waals surface area contributed by atoms with Crippen molar-refractivity contribution in [1.29, 1.82) is 0 Å². The van der Waals surface area contributed by atoms with Crippen LogP contribution < -0.4 is 4.90 Å². The van der Waals surface area contributed by atoms with Crippen molar-refractivity contribution in [3.8, 4) is 12.5 Å². The average molecular weight is 157 g/mol. The van der Waals surface area contributed by atoms with Crippen molar-refractivity contribution in [2.75, 3.05) is 11.9 Å². The third-order valence-corrected chi connectivity index (χ3v) is 1.71. The highest BCUT2D eigenvalue weighted by atomic mass is 15.1. The molecule has 0 aliphatic rings. The van der Waals surface area contributed by atoms with Crippen LogP contribution in [0.3, 0.4) is 0 Å². The first-order chi connectivity index (χ1) is 5.77. The summed E-state index contributed by atoms with van der Waals surface area (Å²) in [6.07, 6.45) is 7.04. The van der Waals surface area contributed by atoms with Crippen LogP contribution >= 0.6 is 0 Å². The zero-order valence-electron chi connectivity index (χ0n) is 7.12. The molecule has 1 aromatic carbocycles. The Hall–Kier alpha value is -1.68. The summed E-state index contributed by atoms with van der Waals surface area (Å²) < 4.78 is 0. The third-order valence-electron chi connectivity index (χ3n) is 1.71. The first-order valence-electron chi connectivity index (χ1n) is 3.70. The van der Waals surface area contributed by atoms with Gasteiger partial charge in [0.05, 0.1) is 0 Å². The molecule has 0 N–H and O–H groups in total. The van der Waals surface area contributed by atoms with Crippen LogP contribution in [-0.2, 0) is 0 Å². The number of hydrogen-bond donors (Lipinski definition) is 0. The second-order valence-corrected chi connectivity index (χ2v) is 2.48. The van der Waals surface area contributed by atoms with Gasteiger partial charge >= 0.3 is 0 Å². The van der Waals surface area contributed by atoms with Gasteiger partial charge in [0.1, 0.15) is 0 Å². The van der Waals surface area contributed by atoms with E-state index in [1.54, 1.807) is 11.0 Å². The maximum atomic E-state index is 5.23. The minimum absolute atomic E-state index is 1.02. The lowest BCUT2D eigenvalue weighted by atomic mass is 10.2. The maximum absolute atomic E-state index is 5.23. The third kappa shape index (κ3) is 1.67. The molecular weight excluding hydrogens is 146 g/mol. The lowest BCUT2D eigenvalue weighted by Crippen LogP contribution is -2.07. The summed E-state index contributed by atoms with van der Waals surface area (Å²) in [5, 5.41) is 0. The normalized spacial score (nSPS) is 8.67. The fraction of sp³-hybridized carbons (Fsp3) is 0.0909. The lowest BCUT2D eigenvalue weighted by Gasteiger charge is -2.09. The first kappa shape index (κ1) is 8.42. The number of rotatable bonds is 2. The Labute approximate surface area is 73.3 Å². The minimum Gasteiger partial charge on any atom is -0.305 e. The molecule has 0 aliphatic heterocycles. The van der Waals surface area contributed by atoms with Gasteiger partial charge in [0.25, 0.3) is 0 Å². The van der Waals surface area contributed by atoms with Crippen LogP contribution in [0.4, 0.5) is 5.69 Å². The number of hydrogen-bond acceptors (Lipinski definition) is 1. The smallest absolute Gasteiger partial charge is 0.0486 e. The Morgan fingerprint density at radius 2 is 2.00 bits per heavy atom. The second-order valence-electron chi connectivity index (χ2n) is 2.48. The first-order valence-corrected chi connectivity index (χ1v) is 3.70. The molecule has 0 heterocycles. The summed E-state index contributed by atoms with van der Waals surface area (Å²) in [5.41, 5.74) is 2.12. The predicted octanol–water partition coefficient (Wildman–Crippen LogP) is 2.36. The van der Waals surface area contributed by atoms with Gasteiger partial charge in [-0.3, -0.25) is 0 Å². The zero-order chi connectivity index (χ0) is 8.97. The fourth-order valence-electron chi connectivity index (χ4n) is 0.909. The van der Waals surface area contributed by atoms with E-state index in [2.05, 4.69) is 12.6 Å². The van der Waals surface area contributed by atoms with Crippen LogP contribution in [0.25, 0.3) is 6.08 Å². The molecule has 1 rings (SSSR count). The van der Waals surface area contributed by atoms with Gasteiger partial charge in [-0.15, -0.1) is 0 Å². The Morgan fingerprint density at radius 1 is 1.42 bits per heavy atom. The van der Waals surface area contributed by atoms with Crippen LogP contribution in [0.1, 0.15) is 5.56 Å². The van der Waals surface area contributed by atoms with Crippen LogP contribution in [-0.4, -0.2) is 7.05 Å².